The topological polar surface area (TPSA) is 9.23 Å². The van der Waals surface area contributed by atoms with Crippen LogP contribution in [0.3, 0.4) is 0 Å². The average Bonchev–Trinajstić information content (AvgIpc) is 3.02. The van der Waals surface area contributed by atoms with Gasteiger partial charge in [0.25, 0.3) is 0 Å². The normalized spacial score (nSPS) is 37.3. The molecule has 1 aliphatic heterocycles. The lowest BCUT2D eigenvalue weighted by Crippen LogP contribution is -2.48. The highest BCUT2D eigenvalue weighted by atomic mass is 16.5. The molecule has 2 saturated carbocycles. The Morgan fingerprint density at radius 1 is 0.893 bits per heavy atom. The summed E-state index contributed by atoms with van der Waals surface area (Å²) >= 11 is 0. The van der Waals surface area contributed by atoms with Gasteiger partial charge in [0.05, 0.1) is 12.2 Å². The minimum absolute atomic E-state index is 0.230. The van der Waals surface area contributed by atoms with E-state index in [2.05, 4.69) is 48.5 Å². The fourth-order valence-electron chi connectivity index (χ4n) is 6.97. The van der Waals surface area contributed by atoms with E-state index >= 15 is 0 Å². The number of hydrogen-bond acceptors (Lipinski definition) is 1. The summed E-state index contributed by atoms with van der Waals surface area (Å²) < 4.78 is 6.09. The van der Waals surface area contributed by atoms with Crippen molar-refractivity contribution in [3.63, 3.8) is 0 Å². The van der Waals surface area contributed by atoms with E-state index in [1.54, 1.807) is 0 Å². The van der Waals surface area contributed by atoms with E-state index in [1.165, 1.54) is 70.6 Å². The van der Waals surface area contributed by atoms with Crippen LogP contribution in [0.4, 0.5) is 0 Å². The molecule has 164 valence electrons. The first-order valence-electron chi connectivity index (χ1n) is 12.7. The van der Waals surface area contributed by atoms with E-state index in [1.807, 2.05) is 0 Å². The quantitative estimate of drug-likeness (QED) is 0.425. The van der Waals surface area contributed by atoms with Crippen molar-refractivity contribution in [3.8, 4) is 0 Å². The van der Waals surface area contributed by atoms with Gasteiger partial charge in [-0.05, 0) is 85.4 Å². The molecule has 2 aliphatic carbocycles. The van der Waals surface area contributed by atoms with Crippen molar-refractivity contribution in [2.45, 2.75) is 125 Å². The van der Waals surface area contributed by atoms with Gasteiger partial charge < -0.3 is 4.74 Å². The predicted molar refractivity (Wildman–Crippen MR) is 122 cm³/mol. The summed E-state index contributed by atoms with van der Waals surface area (Å²) in [7, 11) is 0. The first kappa shape index (κ1) is 22.6. The molecule has 0 aromatic heterocycles. The Balaban J connectivity index is 1.50. The van der Waals surface area contributed by atoms with Crippen LogP contribution in [-0.2, 0) is 4.74 Å². The summed E-state index contributed by atoms with van der Waals surface area (Å²) in [6.07, 6.45) is 15.8. The minimum Gasteiger partial charge on any atom is -0.375 e. The van der Waals surface area contributed by atoms with E-state index in [0.717, 1.165) is 30.3 Å². The van der Waals surface area contributed by atoms with Crippen molar-refractivity contribution in [1.82, 2.24) is 0 Å². The standard InChI is InChI=1S/C27H50O/c1-20(2)27(15-16-28-27)14-13-21-9-8-10-24(17-21)26(6,7)19-22-11-12-23(18-22)25(3,4)5/h20-24H,8-19H2,1-7H3. The van der Waals surface area contributed by atoms with Crippen LogP contribution >= 0.6 is 0 Å². The molecule has 5 atom stereocenters. The van der Waals surface area contributed by atoms with Crippen molar-refractivity contribution < 1.29 is 4.74 Å². The Hall–Kier alpha value is -0.0400. The largest absolute Gasteiger partial charge is 0.375 e. The molecule has 0 bridgehead atoms. The van der Waals surface area contributed by atoms with Crippen molar-refractivity contribution in [2.24, 2.45) is 40.4 Å². The molecule has 0 N–H and O–H groups in total. The highest BCUT2D eigenvalue weighted by Crippen LogP contribution is 2.51. The van der Waals surface area contributed by atoms with Gasteiger partial charge in [-0.1, -0.05) is 67.7 Å². The van der Waals surface area contributed by atoms with E-state index in [-0.39, 0.29) is 5.60 Å². The fraction of sp³-hybridized carbons (Fsp3) is 1.00. The van der Waals surface area contributed by atoms with Crippen LogP contribution in [0.1, 0.15) is 119 Å². The van der Waals surface area contributed by atoms with Crippen LogP contribution in [0, 0.1) is 40.4 Å². The van der Waals surface area contributed by atoms with E-state index < -0.39 is 0 Å². The van der Waals surface area contributed by atoms with Crippen LogP contribution < -0.4 is 0 Å². The second kappa shape index (κ2) is 8.60. The molecule has 0 radical (unpaired) electrons. The number of hydrogen-bond donors (Lipinski definition) is 0. The average molecular weight is 391 g/mol. The molecule has 1 heteroatoms. The van der Waals surface area contributed by atoms with Gasteiger partial charge in [-0.3, -0.25) is 0 Å². The Bertz CT molecular complexity index is 493. The second-order valence-electron chi connectivity index (χ2n) is 13.0. The molecule has 28 heavy (non-hydrogen) atoms. The third-order valence-electron chi connectivity index (χ3n) is 9.41. The summed E-state index contributed by atoms with van der Waals surface area (Å²) in [4.78, 5) is 0. The summed E-state index contributed by atoms with van der Waals surface area (Å²) in [6.45, 7) is 18.3. The molecule has 1 saturated heterocycles. The maximum absolute atomic E-state index is 6.09. The van der Waals surface area contributed by atoms with Crippen LogP contribution in [0.25, 0.3) is 0 Å². The molecule has 3 fully saturated rings. The highest BCUT2D eigenvalue weighted by Gasteiger charge is 2.43. The Labute approximate surface area is 176 Å². The van der Waals surface area contributed by atoms with Crippen LogP contribution in [0.15, 0.2) is 0 Å². The maximum atomic E-state index is 6.09. The molecule has 3 aliphatic rings. The molecule has 0 amide bonds. The Morgan fingerprint density at radius 3 is 2.11 bits per heavy atom. The van der Waals surface area contributed by atoms with E-state index in [0.29, 0.717) is 16.7 Å². The van der Waals surface area contributed by atoms with Crippen LogP contribution in [0.5, 0.6) is 0 Å². The van der Waals surface area contributed by atoms with Gasteiger partial charge in [-0.15, -0.1) is 0 Å². The SMILES string of the molecule is CC(C)C1(CCC2CCCC(C(C)(C)CC3CCC(C(C)(C)C)C3)C2)CCO1. The van der Waals surface area contributed by atoms with Gasteiger partial charge in [0.2, 0.25) is 0 Å². The molecule has 1 heterocycles. The maximum Gasteiger partial charge on any atom is 0.0727 e. The summed E-state index contributed by atoms with van der Waals surface area (Å²) in [5.74, 6) is 4.49. The van der Waals surface area contributed by atoms with Crippen molar-refractivity contribution in [1.29, 1.82) is 0 Å². The molecular weight excluding hydrogens is 340 g/mol. The van der Waals surface area contributed by atoms with Gasteiger partial charge in [0.15, 0.2) is 0 Å². The summed E-state index contributed by atoms with van der Waals surface area (Å²) in [6, 6.07) is 0. The molecule has 3 rings (SSSR count). The third-order valence-corrected chi connectivity index (χ3v) is 9.41. The number of rotatable bonds is 7. The zero-order valence-corrected chi connectivity index (χ0v) is 20.3. The Kier molecular flexibility index (Phi) is 6.96. The van der Waals surface area contributed by atoms with Gasteiger partial charge >= 0.3 is 0 Å². The molecular formula is C27H50O. The summed E-state index contributed by atoms with van der Waals surface area (Å²) in [5, 5.41) is 0. The first-order valence-corrected chi connectivity index (χ1v) is 12.7. The highest BCUT2D eigenvalue weighted by molar-refractivity contribution is 4.93. The minimum atomic E-state index is 0.230. The monoisotopic (exact) mass is 390 g/mol. The lowest BCUT2D eigenvalue weighted by molar-refractivity contribution is -0.180. The first-order chi connectivity index (χ1) is 13.0. The molecule has 0 aromatic rings. The lowest BCUT2D eigenvalue weighted by Gasteiger charge is -2.47. The lowest BCUT2D eigenvalue weighted by atomic mass is 9.63. The zero-order chi connectivity index (χ0) is 20.6. The van der Waals surface area contributed by atoms with Crippen molar-refractivity contribution in [2.75, 3.05) is 6.61 Å². The molecule has 1 nitrogen and oxygen atoms in total. The van der Waals surface area contributed by atoms with E-state index in [9.17, 15) is 0 Å². The third kappa shape index (κ3) is 5.16. The summed E-state index contributed by atoms with van der Waals surface area (Å²) in [5.41, 5.74) is 1.26. The van der Waals surface area contributed by atoms with Crippen LogP contribution in [-0.4, -0.2) is 12.2 Å². The zero-order valence-electron chi connectivity index (χ0n) is 20.3. The molecule has 0 aromatic carbocycles. The van der Waals surface area contributed by atoms with Gasteiger partial charge in [0.1, 0.15) is 0 Å². The second-order valence-corrected chi connectivity index (χ2v) is 13.0. The van der Waals surface area contributed by atoms with Crippen molar-refractivity contribution >= 4 is 0 Å². The fourth-order valence-corrected chi connectivity index (χ4v) is 6.97. The van der Waals surface area contributed by atoms with Crippen molar-refractivity contribution in [3.05, 3.63) is 0 Å². The van der Waals surface area contributed by atoms with E-state index in [4.69, 9.17) is 4.74 Å². The molecule has 0 spiro atoms. The van der Waals surface area contributed by atoms with Gasteiger partial charge in [-0.2, -0.15) is 0 Å². The molecule has 5 unspecified atom stereocenters. The van der Waals surface area contributed by atoms with Crippen LogP contribution in [0.2, 0.25) is 0 Å². The predicted octanol–water partition coefficient (Wildman–Crippen LogP) is 8.27. The van der Waals surface area contributed by atoms with Gasteiger partial charge in [-0.25, -0.2) is 0 Å². The Morgan fingerprint density at radius 2 is 1.57 bits per heavy atom. The van der Waals surface area contributed by atoms with Gasteiger partial charge in [0, 0.05) is 6.42 Å². The smallest absolute Gasteiger partial charge is 0.0727 e. The number of ether oxygens (including phenoxy) is 1.